The molecule has 2 rings (SSSR count). The summed E-state index contributed by atoms with van der Waals surface area (Å²) in [4.78, 5) is 2.49. The van der Waals surface area contributed by atoms with E-state index >= 15 is 0 Å². The van der Waals surface area contributed by atoms with Gasteiger partial charge in [0.15, 0.2) is 0 Å². The van der Waals surface area contributed by atoms with Crippen molar-refractivity contribution in [3.63, 3.8) is 0 Å². The SMILES string of the molecule is CCCC(C)CN1CCCn2nc(CNS(C)(=O)=O)cc2C1. The van der Waals surface area contributed by atoms with Crippen molar-refractivity contribution in [1.82, 2.24) is 19.4 Å². The molecule has 1 atom stereocenters. The van der Waals surface area contributed by atoms with E-state index in [1.54, 1.807) is 0 Å². The topological polar surface area (TPSA) is 67.2 Å². The second-order valence-electron chi connectivity index (χ2n) is 6.43. The minimum Gasteiger partial charge on any atom is -0.297 e. The zero-order valence-corrected chi connectivity index (χ0v) is 14.7. The third-order valence-corrected chi connectivity index (χ3v) is 4.68. The fourth-order valence-electron chi connectivity index (χ4n) is 3.06. The first-order valence-corrected chi connectivity index (χ1v) is 9.99. The summed E-state index contributed by atoms with van der Waals surface area (Å²) in [6, 6.07) is 2.03. The number of aryl methyl sites for hydroxylation is 1. The number of sulfonamides is 1. The van der Waals surface area contributed by atoms with Gasteiger partial charge in [-0.3, -0.25) is 9.58 Å². The second kappa shape index (κ2) is 7.57. The number of nitrogens with one attached hydrogen (secondary N) is 1. The predicted molar refractivity (Wildman–Crippen MR) is 87.9 cm³/mol. The van der Waals surface area contributed by atoms with Crippen molar-refractivity contribution in [1.29, 1.82) is 0 Å². The summed E-state index contributed by atoms with van der Waals surface area (Å²) in [5.74, 6) is 0.714. The van der Waals surface area contributed by atoms with Gasteiger partial charge in [0.25, 0.3) is 0 Å². The molecule has 1 aliphatic heterocycles. The first-order valence-electron chi connectivity index (χ1n) is 8.10. The highest BCUT2D eigenvalue weighted by molar-refractivity contribution is 7.88. The van der Waals surface area contributed by atoms with Crippen molar-refractivity contribution < 1.29 is 8.42 Å². The first-order chi connectivity index (χ1) is 10.4. The molecular formula is C15H28N4O2S. The molecule has 1 aromatic rings. The lowest BCUT2D eigenvalue weighted by Gasteiger charge is -2.23. The number of rotatable bonds is 7. The Morgan fingerprint density at radius 1 is 1.41 bits per heavy atom. The molecule has 1 aromatic heterocycles. The minimum absolute atomic E-state index is 0.269. The summed E-state index contributed by atoms with van der Waals surface area (Å²) in [5, 5.41) is 4.53. The molecule has 6 nitrogen and oxygen atoms in total. The second-order valence-corrected chi connectivity index (χ2v) is 8.26. The van der Waals surface area contributed by atoms with Gasteiger partial charge in [-0.05, 0) is 24.8 Å². The van der Waals surface area contributed by atoms with Crippen LogP contribution in [0.15, 0.2) is 6.07 Å². The number of fused-ring (bicyclic) bond motifs is 1. The Kier molecular flexibility index (Phi) is 6.00. The van der Waals surface area contributed by atoms with Gasteiger partial charge in [0, 0.05) is 26.2 Å². The highest BCUT2D eigenvalue weighted by atomic mass is 32.2. The Morgan fingerprint density at radius 3 is 2.86 bits per heavy atom. The average molecular weight is 328 g/mol. The van der Waals surface area contributed by atoms with Crippen LogP contribution in [0.2, 0.25) is 0 Å². The van der Waals surface area contributed by atoms with Crippen LogP contribution in [0.4, 0.5) is 0 Å². The van der Waals surface area contributed by atoms with Gasteiger partial charge in [-0.25, -0.2) is 13.1 Å². The summed E-state index contributed by atoms with van der Waals surface area (Å²) in [6.45, 7) is 8.85. The monoisotopic (exact) mass is 328 g/mol. The highest BCUT2D eigenvalue weighted by Gasteiger charge is 2.18. The Hall–Kier alpha value is -0.920. The van der Waals surface area contributed by atoms with Crippen LogP contribution < -0.4 is 4.72 Å². The highest BCUT2D eigenvalue weighted by Crippen LogP contribution is 2.16. The maximum atomic E-state index is 11.2. The van der Waals surface area contributed by atoms with Crippen LogP contribution in [0.3, 0.4) is 0 Å². The molecule has 0 saturated heterocycles. The van der Waals surface area contributed by atoms with Crippen molar-refractivity contribution in [2.75, 3.05) is 19.3 Å². The molecule has 7 heteroatoms. The van der Waals surface area contributed by atoms with Gasteiger partial charge in [-0.1, -0.05) is 20.3 Å². The normalized spacial score (nSPS) is 18.0. The average Bonchev–Trinajstić information content (AvgIpc) is 2.69. The number of hydrogen-bond donors (Lipinski definition) is 1. The van der Waals surface area contributed by atoms with Crippen molar-refractivity contribution in [2.45, 2.75) is 52.7 Å². The number of nitrogens with zero attached hydrogens (tertiary/aromatic N) is 3. The van der Waals surface area contributed by atoms with Gasteiger partial charge < -0.3 is 0 Å². The standard InChI is InChI=1S/C15H28N4O2S/c1-4-6-13(2)11-18-7-5-8-19-15(12-18)9-14(17-19)10-16-22(3,20)21/h9,13,16H,4-8,10-12H2,1-3H3. The van der Waals surface area contributed by atoms with Gasteiger partial charge in [0.2, 0.25) is 10.0 Å². The van der Waals surface area contributed by atoms with Gasteiger partial charge in [-0.2, -0.15) is 5.10 Å². The van der Waals surface area contributed by atoms with Gasteiger partial charge in [-0.15, -0.1) is 0 Å². The van der Waals surface area contributed by atoms with Gasteiger partial charge >= 0.3 is 0 Å². The van der Waals surface area contributed by atoms with Crippen molar-refractivity contribution in [2.24, 2.45) is 5.92 Å². The minimum atomic E-state index is -3.17. The number of hydrogen-bond acceptors (Lipinski definition) is 4. The zero-order chi connectivity index (χ0) is 16.2. The molecule has 0 bridgehead atoms. The molecule has 0 amide bonds. The summed E-state index contributed by atoms with van der Waals surface area (Å²) >= 11 is 0. The van der Waals surface area contributed by atoms with E-state index in [2.05, 4.69) is 28.6 Å². The van der Waals surface area contributed by atoms with Crippen LogP contribution in [0.5, 0.6) is 0 Å². The maximum absolute atomic E-state index is 11.2. The van der Waals surface area contributed by atoms with Crippen LogP contribution in [0.25, 0.3) is 0 Å². The molecule has 0 aliphatic carbocycles. The summed E-state index contributed by atoms with van der Waals surface area (Å²) in [6.07, 6.45) is 4.75. The van der Waals surface area contributed by atoms with Crippen LogP contribution in [0.1, 0.15) is 44.5 Å². The van der Waals surface area contributed by atoms with E-state index < -0.39 is 10.0 Å². The fraction of sp³-hybridized carbons (Fsp3) is 0.800. The summed E-state index contributed by atoms with van der Waals surface area (Å²) in [5.41, 5.74) is 1.98. The Bertz CT molecular complexity index is 582. The van der Waals surface area contributed by atoms with E-state index in [-0.39, 0.29) is 6.54 Å². The fourth-order valence-corrected chi connectivity index (χ4v) is 3.47. The molecule has 1 unspecified atom stereocenters. The lowest BCUT2D eigenvalue weighted by atomic mass is 10.1. The van der Waals surface area contributed by atoms with Crippen LogP contribution in [0, 0.1) is 5.92 Å². The smallest absolute Gasteiger partial charge is 0.209 e. The van der Waals surface area contributed by atoms with E-state index in [9.17, 15) is 8.42 Å². The van der Waals surface area contributed by atoms with Crippen molar-refractivity contribution >= 4 is 10.0 Å². The Morgan fingerprint density at radius 2 is 2.18 bits per heavy atom. The molecule has 126 valence electrons. The Balaban J connectivity index is 1.99. The molecule has 22 heavy (non-hydrogen) atoms. The Labute approximate surface area is 133 Å². The summed E-state index contributed by atoms with van der Waals surface area (Å²) in [7, 11) is -3.17. The molecule has 0 saturated carbocycles. The quantitative estimate of drug-likeness (QED) is 0.825. The first kappa shape index (κ1) is 17.4. The maximum Gasteiger partial charge on any atom is 0.209 e. The van der Waals surface area contributed by atoms with Gasteiger partial charge in [0.1, 0.15) is 0 Å². The van der Waals surface area contributed by atoms with E-state index in [0.29, 0.717) is 5.92 Å². The van der Waals surface area contributed by atoms with Crippen LogP contribution in [-0.2, 0) is 29.7 Å². The van der Waals surface area contributed by atoms with E-state index in [4.69, 9.17) is 0 Å². The van der Waals surface area contributed by atoms with E-state index in [1.807, 2.05) is 10.7 Å². The molecule has 0 fully saturated rings. The van der Waals surface area contributed by atoms with Crippen LogP contribution >= 0.6 is 0 Å². The third-order valence-electron chi connectivity index (χ3n) is 4.01. The molecule has 2 heterocycles. The predicted octanol–water partition coefficient (Wildman–Crippen LogP) is 1.57. The molecule has 1 N–H and O–H groups in total. The molecule has 0 aromatic carbocycles. The van der Waals surface area contributed by atoms with Crippen LogP contribution in [-0.4, -0.2) is 42.4 Å². The van der Waals surface area contributed by atoms with E-state index in [1.165, 1.54) is 24.8 Å². The largest absolute Gasteiger partial charge is 0.297 e. The lowest BCUT2D eigenvalue weighted by Crippen LogP contribution is -2.28. The van der Waals surface area contributed by atoms with E-state index in [0.717, 1.165) is 38.3 Å². The van der Waals surface area contributed by atoms with Crippen molar-refractivity contribution in [3.05, 3.63) is 17.5 Å². The molecule has 0 radical (unpaired) electrons. The molecule has 1 aliphatic rings. The third kappa shape index (κ3) is 5.37. The molecule has 0 spiro atoms. The zero-order valence-electron chi connectivity index (χ0n) is 13.9. The molecular weight excluding hydrogens is 300 g/mol. The number of aromatic nitrogens is 2. The summed E-state index contributed by atoms with van der Waals surface area (Å²) < 4.78 is 26.9. The lowest BCUT2D eigenvalue weighted by molar-refractivity contribution is 0.226. The van der Waals surface area contributed by atoms with Crippen molar-refractivity contribution in [3.8, 4) is 0 Å². The van der Waals surface area contributed by atoms with Gasteiger partial charge in [0.05, 0.1) is 24.2 Å².